The van der Waals surface area contributed by atoms with Crippen LogP contribution in [-0.2, 0) is 13.0 Å². The van der Waals surface area contributed by atoms with Crippen LogP contribution < -0.4 is 5.32 Å². The van der Waals surface area contributed by atoms with Crippen molar-refractivity contribution in [2.45, 2.75) is 25.9 Å². The zero-order chi connectivity index (χ0) is 22.1. The van der Waals surface area contributed by atoms with Gasteiger partial charge < -0.3 is 14.8 Å². The van der Waals surface area contributed by atoms with Gasteiger partial charge in [-0.05, 0) is 59.5 Å². The molecule has 2 heterocycles. The maximum atomic E-state index is 13.7. The topological polar surface area (TPSA) is 37.3 Å². The second-order valence-corrected chi connectivity index (χ2v) is 8.37. The summed E-state index contributed by atoms with van der Waals surface area (Å²) < 4.78 is 2.16. The third-order valence-electron chi connectivity index (χ3n) is 6.04. The third-order valence-corrected chi connectivity index (χ3v) is 6.38. The number of aromatic nitrogens is 1. The Morgan fingerprint density at radius 1 is 0.969 bits per heavy atom. The first-order chi connectivity index (χ1) is 15.7. The fourth-order valence-corrected chi connectivity index (χ4v) is 4.62. The second-order valence-electron chi connectivity index (χ2n) is 7.96. The van der Waals surface area contributed by atoms with E-state index in [4.69, 9.17) is 11.6 Å². The third kappa shape index (κ3) is 3.67. The highest BCUT2D eigenvalue weighted by Gasteiger charge is 2.34. The molecule has 1 aliphatic heterocycles. The number of nitrogens with zero attached hydrogens (tertiary/aromatic N) is 2. The Morgan fingerprint density at radius 2 is 1.72 bits per heavy atom. The van der Waals surface area contributed by atoms with Gasteiger partial charge in [0.05, 0.1) is 17.9 Å². The zero-order valence-electron chi connectivity index (χ0n) is 17.8. The Hall–Kier alpha value is -3.50. The molecule has 32 heavy (non-hydrogen) atoms. The number of hydrogen-bond donors (Lipinski definition) is 1. The van der Waals surface area contributed by atoms with E-state index >= 15 is 0 Å². The Bertz CT molecular complexity index is 1260. The molecule has 0 fully saturated rings. The van der Waals surface area contributed by atoms with Gasteiger partial charge >= 0.3 is 6.03 Å². The van der Waals surface area contributed by atoms with Gasteiger partial charge in [0.15, 0.2) is 0 Å². The molecule has 4 aromatic rings. The van der Waals surface area contributed by atoms with Gasteiger partial charge in [-0.2, -0.15) is 0 Å². The lowest BCUT2D eigenvalue weighted by molar-refractivity contribution is 0.194. The molecule has 0 unspecified atom stereocenters. The van der Waals surface area contributed by atoms with Crippen LogP contribution in [0.4, 0.5) is 10.5 Å². The highest BCUT2D eigenvalue weighted by Crippen LogP contribution is 2.39. The lowest BCUT2D eigenvalue weighted by Gasteiger charge is -2.31. The van der Waals surface area contributed by atoms with Crippen LogP contribution in [0, 0.1) is 0 Å². The highest BCUT2D eigenvalue weighted by molar-refractivity contribution is 6.31. The largest absolute Gasteiger partial charge is 0.322 e. The number of aryl methyl sites for hydroxylation is 1. The quantitative estimate of drug-likeness (QED) is 0.371. The SMILES string of the molecule is CCc1ccc(NC(=O)N2Cc3ccccc3-n3cccc3[C@H]2c2ccccc2Cl)cc1. The first-order valence-electron chi connectivity index (χ1n) is 10.8. The van der Waals surface area contributed by atoms with Crippen molar-refractivity contribution >= 4 is 23.3 Å². The molecule has 1 N–H and O–H groups in total. The molecule has 3 aromatic carbocycles. The minimum absolute atomic E-state index is 0.163. The summed E-state index contributed by atoms with van der Waals surface area (Å²) >= 11 is 6.65. The summed E-state index contributed by atoms with van der Waals surface area (Å²) in [4.78, 5) is 15.5. The van der Waals surface area contributed by atoms with E-state index in [1.807, 2.05) is 77.8 Å². The summed E-state index contributed by atoms with van der Waals surface area (Å²) in [5, 5.41) is 3.74. The Labute approximate surface area is 193 Å². The van der Waals surface area contributed by atoms with Crippen molar-refractivity contribution < 1.29 is 4.79 Å². The number of amides is 2. The van der Waals surface area contributed by atoms with Crippen LogP contribution in [0.3, 0.4) is 0 Å². The lowest BCUT2D eigenvalue weighted by atomic mass is 10.0. The summed E-state index contributed by atoms with van der Waals surface area (Å²) in [6.07, 6.45) is 3.01. The molecule has 5 heteroatoms. The van der Waals surface area contributed by atoms with Crippen LogP contribution >= 0.6 is 11.6 Å². The van der Waals surface area contributed by atoms with E-state index in [0.29, 0.717) is 11.6 Å². The van der Waals surface area contributed by atoms with Gasteiger partial charge in [0, 0.05) is 16.9 Å². The smallest absolute Gasteiger partial charge is 0.318 e. The van der Waals surface area contributed by atoms with Gasteiger partial charge in [0.25, 0.3) is 0 Å². The summed E-state index contributed by atoms with van der Waals surface area (Å²) in [5.74, 6) is 0. The van der Waals surface area contributed by atoms with Crippen LogP contribution in [0.5, 0.6) is 0 Å². The maximum Gasteiger partial charge on any atom is 0.322 e. The Morgan fingerprint density at radius 3 is 2.50 bits per heavy atom. The Kier molecular flexibility index (Phi) is 5.46. The standard InChI is InChI=1S/C27H24ClN3O/c1-2-19-13-15-21(16-14-19)29-27(32)31-18-20-8-3-6-11-24(20)30-17-7-12-25(30)26(31)22-9-4-5-10-23(22)28/h3-17,26H,2,18H2,1H3,(H,29,32)/t26-/m1/s1. The van der Waals surface area contributed by atoms with Gasteiger partial charge in [0.1, 0.15) is 6.04 Å². The van der Waals surface area contributed by atoms with Crippen molar-refractivity contribution in [1.29, 1.82) is 0 Å². The van der Waals surface area contributed by atoms with Crippen molar-refractivity contribution in [2.24, 2.45) is 0 Å². The van der Waals surface area contributed by atoms with Crippen molar-refractivity contribution in [3.63, 3.8) is 0 Å². The molecule has 0 saturated heterocycles. The Balaban J connectivity index is 1.61. The van der Waals surface area contributed by atoms with Crippen LogP contribution in [0.15, 0.2) is 91.1 Å². The number of nitrogens with one attached hydrogen (secondary N) is 1. The van der Waals surface area contributed by atoms with Gasteiger partial charge in [-0.3, -0.25) is 0 Å². The molecule has 0 bridgehead atoms. The van der Waals surface area contributed by atoms with Crippen LogP contribution in [-0.4, -0.2) is 15.5 Å². The fraction of sp³-hybridized carbons (Fsp3) is 0.148. The second kappa shape index (κ2) is 8.56. The summed E-state index contributed by atoms with van der Waals surface area (Å²) in [6, 6.07) is 27.5. The van der Waals surface area contributed by atoms with Crippen LogP contribution in [0.25, 0.3) is 5.69 Å². The number of halogens is 1. The van der Waals surface area contributed by atoms with Gasteiger partial charge in [-0.1, -0.05) is 67.1 Å². The van der Waals surface area contributed by atoms with Crippen molar-refractivity contribution in [1.82, 2.24) is 9.47 Å². The van der Waals surface area contributed by atoms with Crippen molar-refractivity contribution in [3.8, 4) is 5.69 Å². The number of carbonyl (C=O) groups is 1. The number of rotatable bonds is 3. The number of fused-ring (bicyclic) bond motifs is 3. The normalized spacial score (nSPS) is 14.9. The van der Waals surface area contributed by atoms with E-state index in [2.05, 4.69) is 35.0 Å². The molecule has 5 rings (SSSR count). The summed E-state index contributed by atoms with van der Waals surface area (Å²) in [6.45, 7) is 2.58. The van der Waals surface area contributed by atoms with Gasteiger partial charge in [0.2, 0.25) is 0 Å². The van der Waals surface area contributed by atoms with Gasteiger partial charge in [-0.15, -0.1) is 0 Å². The van der Waals surface area contributed by atoms with Crippen LogP contribution in [0.2, 0.25) is 5.02 Å². The van der Waals surface area contributed by atoms with Crippen molar-refractivity contribution in [2.75, 3.05) is 5.32 Å². The molecule has 1 atom stereocenters. The van der Waals surface area contributed by atoms with E-state index in [1.54, 1.807) is 0 Å². The number of carbonyl (C=O) groups excluding carboxylic acids is 1. The molecule has 2 amide bonds. The molecule has 1 aromatic heterocycles. The molecular formula is C27H24ClN3O. The molecule has 1 aliphatic rings. The highest BCUT2D eigenvalue weighted by atomic mass is 35.5. The van der Waals surface area contributed by atoms with E-state index in [1.165, 1.54) is 5.56 Å². The van der Waals surface area contributed by atoms with E-state index in [0.717, 1.165) is 34.6 Å². The zero-order valence-corrected chi connectivity index (χ0v) is 18.6. The predicted octanol–water partition coefficient (Wildman–Crippen LogP) is 6.83. The minimum atomic E-state index is -0.332. The molecule has 0 spiro atoms. The molecule has 0 radical (unpaired) electrons. The summed E-state index contributed by atoms with van der Waals surface area (Å²) in [7, 11) is 0. The fourth-order valence-electron chi connectivity index (χ4n) is 4.38. The van der Waals surface area contributed by atoms with E-state index in [-0.39, 0.29) is 12.1 Å². The predicted molar refractivity (Wildman–Crippen MR) is 129 cm³/mol. The number of para-hydroxylation sites is 1. The van der Waals surface area contributed by atoms with Crippen LogP contribution in [0.1, 0.15) is 35.3 Å². The average Bonchev–Trinajstić information content (AvgIpc) is 3.25. The molecule has 0 aliphatic carbocycles. The maximum absolute atomic E-state index is 13.7. The molecule has 160 valence electrons. The number of urea groups is 1. The van der Waals surface area contributed by atoms with Crippen molar-refractivity contribution in [3.05, 3.63) is 119 Å². The first-order valence-corrected chi connectivity index (χ1v) is 11.2. The van der Waals surface area contributed by atoms with E-state index in [9.17, 15) is 4.79 Å². The average molecular weight is 442 g/mol. The number of benzene rings is 3. The van der Waals surface area contributed by atoms with E-state index < -0.39 is 0 Å². The molecular weight excluding hydrogens is 418 g/mol. The van der Waals surface area contributed by atoms with Gasteiger partial charge in [-0.25, -0.2) is 4.79 Å². The minimum Gasteiger partial charge on any atom is -0.318 e. The first kappa shape index (κ1) is 20.4. The molecule has 0 saturated carbocycles. The summed E-state index contributed by atoms with van der Waals surface area (Å²) in [5.41, 5.74) is 6.07. The number of hydrogen-bond acceptors (Lipinski definition) is 1. The lowest BCUT2D eigenvalue weighted by Crippen LogP contribution is -2.38. The molecule has 4 nitrogen and oxygen atoms in total. The monoisotopic (exact) mass is 441 g/mol. The number of anilines is 1.